The van der Waals surface area contributed by atoms with E-state index in [2.05, 4.69) is 22.9 Å². The second kappa shape index (κ2) is 4.77. The third-order valence-electron chi connectivity index (χ3n) is 4.63. The summed E-state index contributed by atoms with van der Waals surface area (Å²) in [5, 5.41) is 0. The van der Waals surface area contributed by atoms with E-state index in [1.54, 1.807) is 0 Å². The van der Waals surface area contributed by atoms with Crippen molar-refractivity contribution in [3.05, 3.63) is 29.6 Å². The minimum Gasteiger partial charge on any atom is -0.296 e. The van der Waals surface area contributed by atoms with Crippen LogP contribution < -0.4 is 0 Å². The summed E-state index contributed by atoms with van der Waals surface area (Å²) >= 11 is 0. The highest BCUT2D eigenvalue weighted by molar-refractivity contribution is 5.21. The number of nitrogens with zero attached hydrogens (tertiary/aromatic N) is 2. The van der Waals surface area contributed by atoms with Gasteiger partial charge in [0, 0.05) is 25.0 Å². The van der Waals surface area contributed by atoms with Crippen LogP contribution in [0.1, 0.15) is 43.2 Å². The molecule has 0 aromatic carbocycles. The third-order valence-corrected chi connectivity index (χ3v) is 4.63. The number of aromatic nitrogens is 1. The van der Waals surface area contributed by atoms with E-state index >= 15 is 0 Å². The molecule has 0 bridgehead atoms. The number of hydrogen-bond acceptors (Lipinski definition) is 2. The number of likely N-dealkylation sites (tertiary alicyclic amines) is 1. The smallest absolute Gasteiger partial charge is 0.0315 e. The maximum atomic E-state index is 4.26. The molecule has 0 amide bonds. The highest BCUT2D eigenvalue weighted by Gasteiger charge is 2.34. The molecule has 0 spiro atoms. The lowest BCUT2D eigenvalue weighted by Gasteiger charge is -2.37. The van der Waals surface area contributed by atoms with Crippen molar-refractivity contribution in [2.75, 3.05) is 6.54 Å². The molecule has 3 rings (SSSR count). The SMILES string of the molecule is Cc1ccncc1CN1CCCC1C1CCC1. The highest BCUT2D eigenvalue weighted by Crippen LogP contribution is 2.37. The zero-order chi connectivity index (χ0) is 11.7. The predicted molar refractivity (Wildman–Crippen MR) is 69.7 cm³/mol. The molecule has 1 aliphatic heterocycles. The van der Waals surface area contributed by atoms with Crippen molar-refractivity contribution >= 4 is 0 Å². The lowest BCUT2D eigenvalue weighted by molar-refractivity contribution is 0.126. The quantitative estimate of drug-likeness (QED) is 0.793. The summed E-state index contributed by atoms with van der Waals surface area (Å²) in [5.74, 6) is 0.995. The van der Waals surface area contributed by atoms with Crippen molar-refractivity contribution in [2.45, 2.75) is 51.6 Å². The summed E-state index contributed by atoms with van der Waals surface area (Å²) in [7, 11) is 0. The molecular formula is C15H22N2. The third kappa shape index (κ3) is 2.23. The molecule has 0 radical (unpaired) electrons. The van der Waals surface area contributed by atoms with Gasteiger partial charge < -0.3 is 0 Å². The molecule has 1 atom stereocenters. The lowest BCUT2D eigenvalue weighted by Crippen LogP contribution is -2.38. The van der Waals surface area contributed by atoms with E-state index in [1.807, 2.05) is 12.4 Å². The first-order valence-electron chi connectivity index (χ1n) is 6.98. The fourth-order valence-electron chi connectivity index (χ4n) is 3.29. The van der Waals surface area contributed by atoms with Crippen LogP contribution in [0.2, 0.25) is 0 Å². The Morgan fingerprint density at radius 3 is 2.88 bits per heavy atom. The van der Waals surface area contributed by atoms with Crippen molar-refractivity contribution < 1.29 is 0 Å². The number of aryl methyl sites for hydroxylation is 1. The molecule has 17 heavy (non-hydrogen) atoms. The van der Waals surface area contributed by atoms with Gasteiger partial charge in [0.2, 0.25) is 0 Å². The van der Waals surface area contributed by atoms with Gasteiger partial charge in [0.1, 0.15) is 0 Å². The Kier molecular flexibility index (Phi) is 3.15. The lowest BCUT2D eigenvalue weighted by atomic mass is 9.79. The van der Waals surface area contributed by atoms with Crippen molar-refractivity contribution in [3.8, 4) is 0 Å². The molecule has 92 valence electrons. The van der Waals surface area contributed by atoms with Crippen LogP contribution in [0.5, 0.6) is 0 Å². The molecule has 2 heteroatoms. The minimum absolute atomic E-state index is 0.864. The molecule has 1 aromatic heterocycles. The second-order valence-corrected chi connectivity index (χ2v) is 5.67. The Morgan fingerprint density at radius 2 is 2.18 bits per heavy atom. The monoisotopic (exact) mass is 230 g/mol. The van der Waals surface area contributed by atoms with E-state index in [4.69, 9.17) is 0 Å². The van der Waals surface area contributed by atoms with Crippen LogP contribution in [0, 0.1) is 12.8 Å². The van der Waals surface area contributed by atoms with Gasteiger partial charge in [0.05, 0.1) is 0 Å². The van der Waals surface area contributed by atoms with Gasteiger partial charge in [-0.05, 0) is 62.3 Å². The van der Waals surface area contributed by atoms with Crippen molar-refractivity contribution in [1.29, 1.82) is 0 Å². The van der Waals surface area contributed by atoms with Crippen LogP contribution in [0.3, 0.4) is 0 Å². The molecule has 2 aliphatic rings. The topological polar surface area (TPSA) is 16.1 Å². The van der Waals surface area contributed by atoms with Crippen LogP contribution in [-0.2, 0) is 6.54 Å². The highest BCUT2D eigenvalue weighted by atomic mass is 15.2. The fourth-order valence-corrected chi connectivity index (χ4v) is 3.29. The van der Waals surface area contributed by atoms with E-state index < -0.39 is 0 Å². The Balaban J connectivity index is 1.69. The molecule has 1 saturated heterocycles. The first-order chi connectivity index (χ1) is 8.34. The van der Waals surface area contributed by atoms with Crippen molar-refractivity contribution in [2.24, 2.45) is 5.92 Å². The van der Waals surface area contributed by atoms with E-state index in [0.717, 1.165) is 18.5 Å². The molecule has 1 saturated carbocycles. The van der Waals surface area contributed by atoms with E-state index in [0.29, 0.717) is 0 Å². The van der Waals surface area contributed by atoms with Crippen LogP contribution in [0.4, 0.5) is 0 Å². The van der Waals surface area contributed by atoms with E-state index in [-0.39, 0.29) is 0 Å². The molecule has 0 N–H and O–H groups in total. The van der Waals surface area contributed by atoms with Crippen LogP contribution >= 0.6 is 0 Å². The molecular weight excluding hydrogens is 208 g/mol. The van der Waals surface area contributed by atoms with Gasteiger partial charge in [-0.2, -0.15) is 0 Å². The zero-order valence-electron chi connectivity index (χ0n) is 10.7. The standard InChI is InChI=1S/C15H22N2/c1-12-7-8-16-10-14(12)11-17-9-3-6-15(17)13-4-2-5-13/h7-8,10,13,15H,2-6,9,11H2,1H3. The largest absolute Gasteiger partial charge is 0.296 e. The summed E-state index contributed by atoms with van der Waals surface area (Å²) in [4.78, 5) is 6.97. The maximum Gasteiger partial charge on any atom is 0.0315 e. The van der Waals surface area contributed by atoms with Gasteiger partial charge in [-0.25, -0.2) is 0 Å². The predicted octanol–water partition coefficient (Wildman–Crippen LogP) is 3.15. The summed E-state index contributed by atoms with van der Waals surface area (Å²) in [6, 6.07) is 2.99. The van der Waals surface area contributed by atoms with Gasteiger partial charge in [-0.3, -0.25) is 9.88 Å². The molecule has 2 fully saturated rings. The average molecular weight is 230 g/mol. The maximum absolute atomic E-state index is 4.26. The first kappa shape index (κ1) is 11.2. The number of pyridine rings is 1. The molecule has 2 heterocycles. The van der Waals surface area contributed by atoms with E-state index in [9.17, 15) is 0 Å². The Labute approximate surface area is 104 Å². The Morgan fingerprint density at radius 1 is 1.29 bits per heavy atom. The fraction of sp³-hybridized carbons (Fsp3) is 0.667. The van der Waals surface area contributed by atoms with Crippen LogP contribution in [0.25, 0.3) is 0 Å². The van der Waals surface area contributed by atoms with Crippen LogP contribution in [0.15, 0.2) is 18.5 Å². The second-order valence-electron chi connectivity index (χ2n) is 5.67. The van der Waals surface area contributed by atoms with E-state index in [1.165, 1.54) is 49.8 Å². The van der Waals surface area contributed by atoms with Gasteiger partial charge in [0.15, 0.2) is 0 Å². The van der Waals surface area contributed by atoms with Crippen molar-refractivity contribution in [1.82, 2.24) is 9.88 Å². The number of hydrogen-bond donors (Lipinski definition) is 0. The Hall–Kier alpha value is -0.890. The minimum atomic E-state index is 0.864. The van der Waals surface area contributed by atoms with Gasteiger partial charge in [-0.1, -0.05) is 6.42 Å². The Bertz CT molecular complexity index is 384. The van der Waals surface area contributed by atoms with Gasteiger partial charge in [-0.15, -0.1) is 0 Å². The molecule has 2 nitrogen and oxygen atoms in total. The summed E-state index contributed by atoms with van der Waals surface area (Å²) in [6.45, 7) is 4.60. The zero-order valence-corrected chi connectivity index (χ0v) is 10.7. The summed E-state index contributed by atoms with van der Waals surface area (Å²) in [5.41, 5.74) is 2.80. The van der Waals surface area contributed by atoms with Gasteiger partial charge in [0.25, 0.3) is 0 Å². The van der Waals surface area contributed by atoms with Gasteiger partial charge >= 0.3 is 0 Å². The summed E-state index contributed by atoms with van der Waals surface area (Å²) < 4.78 is 0. The van der Waals surface area contributed by atoms with Crippen LogP contribution in [-0.4, -0.2) is 22.5 Å². The molecule has 1 aromatic rings. The van der Waals surface area contributed by atoms with Crippen molar-refractivity contribution in [3.63, 3.8) is 0 Å². The average Bonchev–Trinajstić information content (AvgIpc) is 2.68. The molecule has 1 unspecified atom stereocenters. The number of rotatable bonds is 3. The molecule has 1 aliphatic carbocycles. The first-order valence-corrected chi connectivity index (χ1v) is 6.98. The summed E-state index contributed by atoms with van der Waals surface area (Å²) in [6.07, 6.45) is 11.1. The normalized spacial score (nSPS) is 26.1.